The van der Waals surface area contributed by atoms with Crippen LogP contribution >= 0.6 is 11.6 Å². The largest absolute Gasteiger partial charge is 0.493 e. The molecular weight excluding hydrogens is 452 g/mol. The van der Waals surface area contributed by atoms with Crippen LogP contribution in [0.3, 0.4) is 0 Å². The minimum absolute atomic E-state index is 0.177. The molecule has 32 heavy (non-hydrogen) atoms. The molecule has 0 radical (unpaired) electrons. The number of nitrogens with zero attached hydrogens (tertiary/aromatic N) is 4. The highest BCUT2D eigenvalue weighted by atomic mass is 35.5. The minimum Gasteiger partial charge on any atom is -0.493 e. The third-order valence-corrected chi connectivity index (χ3v) is 7.49. The predicted octanol–water partition coefficient (Wildman–Crippen LogP) is 3.33. The second-order valence-electron chi connectivity index (χ2n) is 7.19. The smallest absolute Gasteiger partial charge is 0.243 e. The molecule has 1 fully saturated rings. The molecule has 2 aromatic carbocycles. The number of benzene rings is 2. The topological polar surface area (TPSA) is 84.9 Å². The van der Waals surface area contributed by atoms with Crippen molar-refractivity contribution in [2.24, 2.45) is 0 Å². The Morgan fingerprint density at radius 1 is 0.844 bits per heavy atom. The zero-order chi connectivity index (χ0) is 22.7. The van der Waals surface area contributed by atoms with Crippen molar-refractivity contribution in [3.05, 3.63) is 59.6 Å². The third kappa shape index (κ3) is 4.50. The van der Waals surface area contributed by atoms with Crippen molar-refractivity contribution in [1.82, 2.24) is 14.5 Å². The maximum absolute atomic E-state index is 13.1. The van der Waals surface area contributed by atoms with Crippen LogP contribution in [0.2, 0.25) is 5.02 Å². The lowest BCUT2D eigenvalue weighted by atomic mass is 10.1. The summed E-state index contributed by atoms with van der Waals surface area (Å²) in [7, 11) is -0.659. The molecule has 0 N–H and O–H groups in total. The number of hydrogen-bond donors (Lipinski definition) is 0. The zero-order valence-corrected chi connectivity index (χ0v) is 19.3. The van der Waals surface area contributed by atoms with Crippen LogP contribution in [0.1, 0.15) is 0 Å². The number of piperazine rings is 1. The van der Waals surface area contributed by atoms with Crippen LogP contribution in [0.4, 0.5) is 5.82 Å². The number of sulfonamides is 1. The van der Waals surface area contributed by atoms with Gasteiger partial charge in [0.05, 0.1) is 24.8 Å². The van der Waals surface area contributed by atoms with E-state index in [1.54, 1.807) is 6.07 Å². The Morgan fingerprint density at radius 3 is 2.12 bits per heavy atom. The molecule has 4 rings (SSSR count). The summed E-state index contributed by atoms with van der Waals surface area (Å²) in [4.78, 5) is 2.20. The zero-order valence-electron chi connectivity index (χ0n) is 17.7. The highest BCUT2D eigenvalue weighted by Gasteiger charge is 2.29. The van der Waals surface area contributed by atoms with Crippen molar-refractivity contribution in [1.29, 1.82) is 0 Å². The van der Waals surface area contributed by atoms with Crippen molar-refractivity contribution in [2.75, 3.05) is 45.3 Å². The number of halogens is 1. The van der Waals surface area contributed by atoms with E-state index in [9.17, 15) is 8.42 Å². The van der Waals surface area contributed by atoms with E-state index in [-0.39, 0.29) is 4.90 Å². The normalized spacial score (nSPS) is 14.9. The molecule has 8 nitrogen and oxygen atoms in total. The average molecular weight is 475 g/mol. The standard InChI is InChI=1S/C22H23ClN4O4S/c1-30-20-9-7-18(15-21(20)31-2)32(28,29)27-13-11-26(12-14-27)22-10-8-19(24-25-22)16-3-5-17(23)6-4-16/h3-10,15H,11-14H2,1-2H3. The van der Waals surface area contributed by atoms with Crippen LogP contribution in [-0.4, -0.2) is 63.3 Å². The highest BCUT2D eigenvalue weighted by Crippen LogP contribution is 2.31. The third-order valence-electron chi connectivity index (χ3n) is 5.35. The maximum atomic E-state index is 13.1. The SMILES string of the molecule is COc1ccc(S(=O)(=O)N2CCN(c3ccc(-c4ccc(Cl)cc4)nn3)CC2)cc1OC. The molecule has 1 aromatic heterocycles. The van der Waals surface area contributed by atoms with Crippen molar-refractivity contribution in [3.63, 3.8) is 0 Å². The Balaban J connectivity index is 1.44. The van der Waals surface area contributed by atoms with Gasteiger partial charge < -0.3 is 14.4 Å². The molecular formula is C22H23ClN4O4S. The monoisotopic (exact) mass is 474 g/mol. The van der Waals surface area contributed by atoms with Crippen molar-refractivity contribution in [3.8, 4) is 22.8 Å². The number of anilines is 1. The molecule has 168 valence electrons. The second kappa shape index (κ2) is 9.32. The molecule has 0 aliphatic carbocycles. The lowest BCUT2D eigenvalue weighted by molar-refractivity contribution is 0.353. The van der Waals surface area contributed by atoms with Gasteiger partial charge >= 0.3 is 0 Å². The van der Waals surface area contributed by atoms with Gasteiger partial charge in [-0.1, -0.05) is 23.7 Å². The van der Waals surface area contributed by atoms with Crippen LogP contribution in [0.25, 0.3) is 11.3 Å². The van der Waals surface area contributed by atoms with Crippen LogP contribution in [0, 0.1) is 0 Å². The van der Waals surface area contributed by atoms with Gasteiger partial charge in [0.25, 0.3) is 0 Å². The van der Waals surface area contributed by atoms with E-state index in [1.807, 2.05) is 41.3 Å². The number of hydrogen-bond acceptors (Lipinski definition) is 7. The van der Waals surface area contributed by atoms with E-state index in [0.717, 1.165) is 11.3 Å². The molecule has 2 heterocycles. The first kappa shape index (κ1) is 22.3. The first-order chi connectivity index (χ1) is 15.4. The fraction of sp³-hybridized carbons (Fsp3) is 0.273. The summed E-state index contributed by atoms with van der Waals surface area (Å²) in [5.41, 5.74) is 1.68. The van der Waals surface area contributed by atoms with E-state index < -0.39 is 10.0 Å². The van der Waals surface area contributed by atoms with E-state index >= 15 is 0 Å². The maximum Gasteiger partial charge on any atom is 0.243 e. The molecule has 0 atom stereocenters. The fourth-order valence-corrected chi connectivity index (χ4v) is 5.12. The van der Waals surface area contributed by atoms with Gasteiger partial charge in [-0.15, -0.1) is 10.2 Å². The number of methoxy groups -OCH3 is 2. The lowest BCUT2D eigenvalue weighted by Crippen LogP contribution is -2.49. The van der Waals surface area contributed by atoms with Crippen LogP contribution < -0.4 is 14.4 Å². The van der Waals surface area contributed by atoms with E-state index in [1.165, 1.54) is 30.7 Å². The van der Waals surface area contributed by atoms with Crippen LogP contribution in [-0.2, 0) is 10.0 Å². The molecule has 1 saturated heterocycles. The average Bonchev–Trinajstić information content (AvgIpc) is 2.84. The second-order valence-corrected chi connectivity index (χ2v) is 9.57. The van der Waals surface area contributed by atoms with Crippen molar-refractivity contribution in [2.45, 2.75) is 4.90 Å². The summed E-state index contributed by atoms with van der Waals surface area (Å²) in [5.74, 6) is 1.58. The molecule has 0 spiro atoms. The van der Waals surface area contributed by atoms with Gasteiger partial charge in [0.15, 0.2) is 17.3 Å². The molecule has 10 heteroatoms. The molecule has 1 aliphatic heterocycles. The molecule has 0 saturated carbocycles. The quantitative estimate of drug-likeness (QED) is 0.541. The Labute approximate surface area is 192 Å². The first-order valence-corrected chi connectivity index (χ1v) is 11.8. The highest BCUT2D eigenvalue weighted by molar-refractivity contribution is 7.89. The summed E-state index contributed by atoms with van der Waals surface area (Å²) in [5, 5.41) is 9.31. The predicted molar refractivity (Wildman–Crippen MR) is 123 cm³/mol. The van der Waals surface area contributed by atoms with Gasteiger partial charge in [-0.05, 0) is 36.4 Å². The molecule has 0 bridgehead atoms. The Hall–Kier alpha value is -2.88. The fourth-order valence-electron chi connectivity index (χ4n) is 3.55. The van der Waals surface area contributed by atoms with Crippen molar-refractivity contribution >= 4 is 27.4 Å². The molecule has 0 unspecified atom stereocenters. The Kier molecular flexibility index (Phi) is 6.50. The van der Waals surface area contributed by atoms with Gasteiger partial charge in [-0.2, -0.15) is 4.31 Å². The van der Waals surface area contributed by atoms with Gasteiger partial charge in [-0.3, -0.25) is 0 Å². The van der Waals surface area contributed by atoms with E-state index in [2.05, 4.69) is 10.2 Å². The summed E-state index contributed by atoms with van der Waals surface area (Å²) in [6.45, 7) is 1.72. The molecule has 3 aromatic rings. The number of rotatable bonds is 6. The molecule has 0 amide bonds. The summed E-state index contributed by atoms with van der Waals surface area (Å²) in [6.07, 6.45) is 0. The Bertz CT molecular complexity index is 1180. The molecule has 1 aliphatic rings. The van der Waals surface area contributed by atoms with E-state index in [0.29, 0.717) is 48.5 Å². The van der Waals surface area contributed by atoms with Gasteiger partial charge in [-0.25, -0.2) is 8.42 Å². The summed E-state index contributed by atoms with van der Waals surface area (Å²) >= 11 is 5.94. The first-order valence-electron chi connectivity index (χ1n) is 9.99. The lowest BCUT2D eigenvalue weighted by Gasteiger charge is -2.34. The van der Waals surface area contributed by atoms with Gasteiger partial charge in [0.2, 0.25) is 10.0 Å². The van der Waals surface area contributed by atoms with Gasteiger partial charge in [0, 0.05) is 42.8 Å². The minimum atomic E-state index is -3.65. The van der Waals surface area contributed by atoms with Crippen LogP contribution in [0.15, 0.2) is 59.5 Å². The van der Waals surface area contributed by atoms with E-state index in [4.69, 9.17) is 21.1 Å². The Morgan fingerprint density at radius 2 is 1.53 bits per heavy atom. The summed E-state index contributed by atoms with van der Waals surface area (Å²) < 4.78 is 38.1. The van der Waals surface area contributed by atoms with Gasteiger partial charge in [0.1, 0.15) is 0 Å². The summed E-state index contributed by atoms with van der Waals surface area (Å²) in [6, 6.07) is 15.8. The van der Waals surface area contributed by atoms with Crippen molar-refractivity contribution < 1.29 is 17.9 Å². The number of ether oxygens (including phenoxy) is 2. The number of aromatic nitrogens is 2. The van der Waals surface area contributed by atoms with Crippen LogP contribution in [0.5, 0.6) is 11.5 Å².